The molecule has 0 nitrogen and oxygen atoms in total. The molecule has 7 aromatic rings. The lowest BCUT2D eigenvalue weighted by Crippen LogP contribution is -1.87. The highest BCUT2D eigenvalue weighted by atomic mass is 14.2. The van der Waals surface area contributed by atoms with E-state index in [0.29, 0.717) is 0 Å². The summed E-state index contributed by atoms with van der Waals surface area (Å²) in [6.07, 6.45) is 0. The summed E-state index contributed by atoms with van der Waals surface area (Å²) in [5.74, 6) is 0. The summed E-state index contributed by atoms with van der Waals surface area (Å²) in [6.45, 7) is 0. The topological polar surface area (TPSA) is 0 Å². The Labute approximate surface area is 174 Å². The van der Waals surface area contributed by atoms with Gasteiger partial charge in [-0.3, -0.25) is 0 Å². The molecule has 0 atom stereocenters. The van der Waals surface area contributed by atoms with Crippen molar-refractivity contribution in [1.82, 2.24) is 0 Å². The van der Waals surface area contributed by atoms with Gasteiger partial charge >= 0.3 is 0 Å². The summed E-state index contributed by atoms with van der Waals surface area (Å²) in [7, 11) is 0. The Hall–Kier alpha value is -3.90. The van der Waals surface area contributed by atoms with Gasteiger partial charge in [0.2, 0.25) is 0 Å². The van der Waals surface area contributed by atoms with E-state index in [4.69, 9.17) is 0 Å². The van der Waals surface area contributed by atoms with E-state index in [2.05, 4.69) is 109 Å². The Morgan fingerprint density at radius 3 is 1.37 bits per heavy atom. The predicted octanol–water partition coefficient (Wildman–Crippen LogP) is 8.61. The number of fused-ring (bicyclic) bond motifs is 12. The summed E-state index contributed by atoms with van der Waals surface area (Å²) in [4.78, 5) is 0. The molecule has 7 rings (SSSR count). The van der Waals surface area contributed by atoms with Gasteiger partial charge in [-0.2, -0.15) is 0 Å². The maximum Gasteiger partial charge on any atom is -0.00199 e. The van der Waals surface area contributed by atoms with Crippen molar-refractivity contribution in [3.8, 4) is 0 Å². The van der Waals surface area contributed by atoms with Crippen LogP contribution in [0.2, 0.25) is 0 Å². The third-order valence-corrected chi connectivity index (χ3v) is 6.61. The number of rotatable bonds is 0. The van der Waals surface area contributed by atoms with Gasteiger partial charge in [-0.25, -0.2) is 0 Å². The Bertz CT molecular complexity index is 1790. The fourth-order valence-corrected chi connectivity index (χ4v) is 5.31. The van der Waals surface area contributed by atoms with Crippen molar-refractivity contribution in [3.05, 3.63) is 109 Å². The lowest BCUT2D eigenvalue weighted by Gasteiger charge is -2.15. The number of benzene rings is 7. The lowest BCUT2D eigenvalue weighted by atomic mass is 9.88. The maximum atomic E-state index is 2.34. The van der Waals surface area contributed by atoms with E-state index in [1.807, 2.05) is 0 Å². The van der Waals surface area contributed by atoms with Crippen LogP contribution >= 0.6 is 0 Å². The summed E-state index contributed by atoms with van der Waals surface area (Å²) in [5, 5.41) is 15.9. The highest BCUT2D eigenvalue weighted by Crippen LogP contribution is 2.42. The largest absolute Gasteiger partial charge is 0.0616 e. The summed E-state index contributed by atoms with van der Waals surface area (Å²) in [6, 6.07) is 40.1. The Balaban J connectivity index is 1.86. The molecule has 0 aliphatic heterocycles. The van der Waals surface area contributed by atoms with Crippen molar-refractivity contribution in [1.29, 1.82) is 0 Å². The third-order valence-electron chi connectivity index (χ3n) is 6.61. The van der Waals surface area contributed by atoms with E-state index >= 15 is 0 Å². The minimum atomic E-state index is 1.29. The monoisotopic (exact) mass is 378 g/mol. The van der Waals surface area contributed by atoms with Crippen LogP contribution in [-0.2, 0) is 0 Å². The SMILES string of the molecule is c1ccc2c(c1)ccc1c2ccc2c3c4ccccc4ccc3c3ccccc3c12. The normalized spacial score (nSPS) is 12.0. The molecule has 0 saturated heterocycles. The number of hydrogen-bond donors (Lipinski definition) is 0. The molecule has 0 N–H and O–H groups in total. The Morgan fingerprint density at radius 2 is 0.633 bits per heavy atom. The van der Waals surface area contributed by atoms with Crippen molar-refractivity contribution in [2.45, 2.75) is 0 Å². The van der Waals surface area contributed by atoms with Crippen molar-refractivity contribution in [2.75, 3.05) is 0 Å². The molecule has 30 heavy (non-hydrogen) atoms. The van der Waals surface area contributed by atoms with Gasteiger partial charge in [0, 0.05) is 0 Å². The van der Waals surface area contributed by atoms with E-state index in [9.17, 15) is 0 Å². The summed E-state index contributed by atoms with van der Waals surface area (Å²) >= 11 is 0. The zero-order valence-corrected chi connectivity index (χ0v) is 16.4. The third kappa shape index (κ3) is 2.00. The van der Waals surface area contributed by atoms with E-state index in [0.717, 1.165) is 0 Å². The van der Waals surface area contributed by atoms with Crippen molar-refractivity contribution in [2.24, 2.45) is 0 Å². The van der Waals surface area contributed by atoms with Gasteiger partial charge in [-0.1, -0.05) is 109 Å². The molecule has 0 bridgehead atoms. The second-order valence-corrected chi connectivity index (χ2v) is 8.12. The molecule has 0 aromatic heterocycles. The van der Waals surface area contributed by atoms with E-state index < -0.39 is 0 Å². The van der Waals surface area contributed by atoms with Gasteiger partial charge < -0.3 is 0 Å². The smallest absolute Gasteiger partial charge is 0.00199 e. The average Bonchev–Trinajstić information content (AvgIpc) is 2.83. The molecule has 0 heteroatoms. The maximum absolute atomic E-state index is 2.34. The molecule has 7 aromatic carbocycles. The molecule has 0 unspecified atom stereocenters. The second kappa shape index (κ2) is 5.81. The fraction of sp³-hybridized carbons (Fsp3) is 0. The highest BCUT2D eigenvalue weighted by molar-refractivity contribution is 6.36. The van der Waals surface area contributed by atoms with Crippen LogP contribution in [-0.4, -0.2) is 0 Å². The average molecular weight is 378 g/mol. The van der Waals surface area contributed by atoms with Crippen LogP contribution < -0.4 is 0 Å². The van der Waals surface area contributed by atoms with Crippen LogP contribution in [0.25, 0.3) is 64.6 Å². The predicted molar refractivity (Wildman–Crippen MR) is 131 cm³/mol. The first kappa shape index (κ1) is 16.0. The van der Waals surface area contributed by atoms with Crippen molar-refractivity contribution in [3.63, 3.8) is 0 Å². The first-order valence-electron chi connectivity index (χ1n) is 10.5. The summed E-state index contributed by atoms with van der Waals surface area (Å²) < 4.78 is 0. The van der Waals surface area contributed by atoms with Crippen LogP contribution in [0, 0.1) is 0 Å². The molecule has 0 saturated carbocycles. The van der Waals surface area contributed by atoms with Crippen LogP contribution in [0.5, 0.6) is 0 Å². The molecule has 0 aliphatic carbocycles. The second-order valence-electron chi connectivity index (χ2n) is 8.12. The summed E-state index contributed by atoms with van der Waals surface area (Å²) in [5.41, 5.74) is 0. The zero-order valence-electron chi connectivity index (χ0n) is 16.4. The molecule has 0 aliphatic rings. The van der Waals surface area contributed by atoms with Crippen LogP contribution in [0.3, 0.4) is 0 Å². The number of hydrogen-bond acceptors (Lipinski definition) is 0. The molecule has 0 spiro atoms. The van der Waals surface area contributed by atoms with Crippen LogP contribution in [0.4, 0.5) is 0 Å². The van der Waals surface area contributed by atoms with E-state index in [1.54, 1.807) is 0 Å². The van der Waals surface area contributed by atoms with Crippen molar-refractivity contribution < 1.29 is 0 Å². The van der Waals surface area contributed by atoms with Crippen molar-refractivity contribution >= 4 is 64.6 Å². The Morgan fingerprint density at radius 1 is 0.233 bits per heavy atom. The first-order valence-corrected chi connectivity index (χ1v) is 10.5. The quantitative estimate of drug-likeness (QED) is 0.232. The Kier molecular flexibility index (Phi) is 3.09. The van der Waals surface area contributed by atoms with Gasteiger partial charge in [0.05, 0.1) is 0 Å². The van der Waals surface area contributed by atoms with Gasteiger partial charge in [-0.05, 0) is 64.6 Å². The molecular formula is C30H18. The molecule has 0 amide bonds. The van der Waals surface area contributed by atoms with E-state index in [-0.39, 0.29) is 0 Å². The van der Waals surface area contributed by atoms with Crippen LogP contribution in [0.1, 0.15) is 0 Å². The van der Waals surface area contributed by atoms with E-state index in [1.165, 1.54) is 64.6 Å². The molecular weight excluding hydrogens is 360 g/mol. The highest BCUT2D eigenvalue weighted by Gasteiger charge is 2.14. The minimum Gasteiger partial charge on any atom is -0.0616 e. The standard InChI is InChI=1S/C30H18/c1-3-9-21-19(7-1)13-15-27-24(21)17-18-28-29-22-10-4-2-8-20(22)14-16-26(29)23-11-5-6-12-25(23)30(27)28/h1-18H. The lowest BCUT2D eigenvalue weighted by molar-refractivity contribution is 1.78. The first-order chi connectivity index (χ1) is 14.9. The van der Waals surface area contributed by atoms with Gasteiger partial charge in [0.15, 0.2) is 0 Å². The molecule has 0 heterocycles. The van der Waals surface area contributed by atoms with Gasteiger partial charge in [-0.15, -0.1) is 0 Å². The minimum absolute atomic E-state index is 1.29. The van der Waals surface area contributed by atoms with Gasteiger partial charge in [0.25, 0.3) is 0 Å². The zero-order chi connectivity index (χ0) is 19.7. The fourth-order valence-electron chi connectivity index (χ4n) is 5.31. The molecule has 0 radical (unpaired) electrons. The molecule has 138 valence electrons. The van der Waals surface area contributed by atoms with Gasteiger partial charge in [0.1, 0.15) is 0 Å². The van der Waals surface area contributed by atoms with Crippen LogP contribution in [0.15, 0.2) is 109 Å². The molecule has 0 fully saturated rings.